The third kappa shape index (κ3) is 1.70. The summed E-state index contributed by atoms with van der Waals surface area (Å²) >= 11 is 3.45. The highest BCUT2D eigenvalue weighted by molar-refractivity contribution is 9.10. The maximum Gasteiger partial charge on any atom is 0.135 e. The smallest absolute Gasteiger partial charge is 0.135 e. The Hall–Kier alpha value is -0.800. The molecule has 2 aromatic rings. The summed E-state index contributed by atoms with van der Waals surface area (Å²) in [7, 11) is 0. The van der Waals surface area contributed by atoms with Gasteiger partial charge in [0.25, 0.3) is 0 Å². The molecule has 78 valence electrons. The van der Waals surface area contributed by atoms with Gasteiger partial charge in [0.2, 0.25) is 0 Å². The van der Waals surface area contributed by atoms with E-state index >= 15 is 0 Å². The molecule has 2 heterocycles. The van der Waals surface area contributed by atoms with Crippen LogP contribution in [-0.2, 0) is 0 Å². The minimum atomic E-state index is 0.413. The summed E-state index contributed by atoms with van der Waals surface area (Å²) in [4.78, 5) is 0. The fourth-order valence-corrected chi connectivity index (χ4v) is 2.46. The van der Waals surface area contributed by atoms with Crippen LogP contribution in [0.3, 0.4) is 0 Å². The molecule has 1 aliphatic heterocycles. The Morgan fingerprint density at radius 1 is 1.33 bits per heavy atom. The minimum Gasteiger partial charge on any atom is -0.459 e. The normalized spacial score (nSPS) is 21.3. The predicted molar refractivity (Wildman–Crippen MR) is 63.9 cm³/mol. The molecule has 1 fully saturated rings. The average Bonchev–Trinajstić information content (AvgIpc) is 2.84. The standard InChI is InChI=1S/C12H12BrNO/c13-9-4-3-8-6-12(15-11(8)7-9)10-2-1-5-14-10/h3-4,6-7,10,14H,1-2,5H2. The second-order valence-electron chi connectivity index (χ2n) is 3.98. The lowest BCUT2D eigenvalue weighted by Crippen LogP contribution is -2.11. The molecule has 1 saturated heterocycles. The highest BCUT2D eigenvalue weighted by Crippen LogP contribution is 2.30. The zero-order valence-electron chi connectivity index (χ0n) is 8.29. The van der Waals surface area contributed by atoms with Crippen molar-refractivity contribution in [1.29, 1.82) is 0 Å². The SMILES string of the molecule is Brc1ccc2cc(C3CCCN3)oc2c1. The molecule has 15 heavy (non-hydrogen) atoms. The number of furan rings is 1. The van der Waals surface area contributed by atoms with Gasteiger partial charge in [0.1, 0.15) is 11.3 Å². The Morgan fingerprint density at radius 2 is 2.27 bits per heavy atom. The van der Waals surface area contributed by atoms with Gasteiger partial charge in [0, 0.05) is 9.86 Å². The van der Waals surface area contributed by atoms with Crippen LogP contribution < -0.4 is 5.32 Å². The summed E-state index contributed by atoms with van der Waals surface area (Å²) in [5, 5.41) is 4.63. The van der Waals surface area contributed by atoms with Crippen LogP contribution in [0.1, 0.15) is 24.6 Å². The molecular formula is C12H12BrNO. The summed E-state index contributed by atoms with van der Waals surface area (Å²) < 4.78 is 6.91. The van der Waals surface area contributed by atoms with E-state index < -0.39 is 0 Å². The number of nitrogens with one attached hydrogen (secondary N) is 1. The van der Waals surface area contributed by atoms with Crippen LogP contribution in [-0.4, -0.2) is 6.54 Å². The van der Waals surface area contributed by atoms with Gasteiger partial charge in [-0.2, -0.15) is 0 Å². The van der Waals surface area contributed by atoms with Crippen LogP contribution in [0.2, 0.25) is 0 Å². The number of fused-ring (bicyclic) bond motifs is 1. The van der Waals surface area contributed by atoms with Gasteiger partial charge in [-0.1, -0.05) is 15.9 Å². The number of hydrogen-bond donors (Lipinski definition) is 1. The Labute approximate surface area is 96.8 Å². The first-order valence-electron chi connectivity index (χ1n) is 5.25. The molecule has 1 atom stereocenters. The Bertz CT molecular complexity index is 485. The van der Waals surface area contributed by atoms with Crippen LogP contribution in [0.5, 0.6) is 0 Å². The van der Waals surface area contributed by atoms with E-state index in [1.807, 2.05) is 12.1 Å². The number of halogens is 1. The van der Waals surface area contributed by atoms with E-state index in [0.717, 1.165) is 22.4 Å². The molecule has 0 saturated carbocycles. The van der Waals surface area contributed by atoms with E-state index in [2.05, 4.69) is 33.4 Å². The summed E-state index contributed by atoms with van der Waals surface area (Å²) in [5.74, 6) is 1.07. The van der Waals surface area contributed by atoms with Gasteiger partial charge >= 0.3 is 0 Å². The van der Waals surface area contributed by atoms with E-state index in [0.29, 0.717) is 6.04 Å². The first-order valence-corrected chi connectivity index (χ1v) is 6.04. The van der Waals surface area contributed by atoms with E-state index in [-0.39, 0.29) is 0 Å². The van der Waals surface area contributed by atoms with Crippen molar-refractivity contribution in [2.45, 2.75) is 18.9 Å². The summed E-state index contributed by atoms with van der Waals surface area (Å²) in [6.07, 6.45) is 2.42. The minimum absolute atomic E-state index is 0.413. The first-order chi connectivity index (χ1) is 7.33. The monoisotopic (exact) mass is 265 g/mol. The number of rotatable bonds is 1. The molecule has 1 aromatic heterocycles. The van der Waals surface area contributed by atoms with Gasteiger partial charge < -0.3 is 9.73 Å². The maximum absolute atomic E-state index is 5.84. The molecule has 0 aliphatic carbocycles. The highest BCUT2D eigenvalue weighted by atomic mass is 79.9. The lowest BCUT2D eigenvalue weighted by atomic mass is 10.1. The molecule has 1 aliphatic rings. The molecule has 0 bridgehead atoms. The third-order valence-corrected chi connectivity index (χ3v) is 3.40. The fourth-order valence-electron chi connectivity index (χ4n) is 2.12. The van der Waals surface area contributed by atoms with Gasteiger partial charge in [-0.25, -0.2) is 0 Å². The van der Waals surface area contributed by atoms with Crippen LogP contribution in [0.15, 0.2) is 33.2 Å². The molecule has 3 heteroatoms. The van der Waals surface area contributed by atoms with Crippen molar-refractivity contribution in [3.8, 4) is 0 Å². The summed E-state index contributed by atoms with van der Waals surface area (Å²) in [5.41, 5.74) is 0.966. The largest absolute Gasteiger partial charge is 0.459 e. The summed E-state index contributed by atoms with van der Waals surface area (Å²) in [6.45, 7) is 1.10. The van der Waals surface area contributed by atoms with Crippen molar-refractivity contribution in [2.24, 2.45) is 0 Å². The molecular weight excluding hydrogens is 254 g/mol. The Balaban J connectivity index is 2.05. The molecule has 1 N–H and O–H groups in total. The molecule has 2 nitrogen and oxygen atoms in total. The van der Waals surface area contributed by atoms with Crippen LogP contribution in [0.4, 0.5) is 0 Å². The quantitative estimate of drug-likeness (QED) is 0.852. The maximum atomic E-state index is 5.84. The lowest BCUT2D eigenvalue weighted by molar-refractivity contribution is 0.471. The van der Waals surface area contributed by atoms with Crippen molar-refractivity contribution < 1.29 is 4.42 Å². The van der Waals surface area contributed by atoms with E-state index in [1.54, 1.807) is 0 Å². The van der Waals surface area contributed by atoms with Crippen molar-refractivity contribution >= 4 is 26.9 Å². The molecule has 0 radical (unpaired) electrons. The summed E-state index contributed by atoms with van der Waals surface area (Å²) in [6, 6.07) is 8.71. The van der Waals surface area contributed by atoms with Crippen molar-refractivity contribution in [3.63, 3.8) is 0 Å². The van der Waals surface area contributed by atoms with Gasteiger partial charge in [-0.3, -0.25) is 0 Å². The zero-order valence-corrected chi connectivity index (χ0v) is 9.88. The van der Waals surface area contributed by atoms with Gasteiger partial charge in [0.15, 0.2) is 0 Å². The van der Waals surface area contributed by atoms with E-state index in [4.69, 9.17) is 4.42 Å². The molecule has 3 rings (SSSR count). The third-order valence-electron chi connectivity index (χ3n) is 2.90. The van der Waals surface area contributed by atoms with Crippen LogP contribution in [0, 0.1) is 0 Å². The highest BCUT2D eigenvalue weighted by Gasteiger charge is 2.19. The van der Waals surface area contributed by atoms with Crippen molar-refractivity contribution in [1.82, 2.24) is 5.32 Å². The molecule has 0 amide bonds. The first kappa shape index (κ1) is 9.43. The van der Waals surface area contributed by atoms with Crippen molar-refractivity contribution in [2.75, 3.05) is 6.54 Å². The second kappa shape index (κ2) is 3.65. The van der Waals surface area contributed by atoms with E-state index in [1.165, 1.54) is 18.2 Å². The second-order valence-corrected chi connectivity index (χ2v) is 4.90. The van der Waals surface area contributed by atoms with Crippen molar-refractivity contribution in [3.05, 3.63) is 34.5 Å². The number of benzene rings is 1. The lowest BCUT2D eigenvalue weighted by Gasteiger charge is -2.04. The fraction of sp³-hybridized carbons (Fsp3) is 0.333. The predicted octanol–water partition coefficient (Wildman–Crippen LogP) is 3.62. The molecule has 1 unspecified atom stereocenters. The Kier molecular flexibility index (Phi) is 2.29. The average molecular weight is 266 g/mol. The van der Waals surface area contributed by atoms with E-state index in [9.17, 15) is 0 Å². The molecule has 0 spiro atoms. The van der Waals surface area contributed by atoms with Gasteiger partial charge in [0.05, 0.1) is 6.04 Å². The van der Waals surface area contributed by atoms with Crippen LogP contribution in [0.25, 0.3) is 11.0 Å². The Morgan fingerprint density at radius 3 is 3.07 bits per heavy atom. The molecule has 1 aromatic carbocycles. The van der Waals surface area contributed by atoms with Gasteiger partial charge in [-0.05, 0) is 43.7 Å². The van der Waals surface area contributed by atoms with Gasteiger partial charge in [-0.15, -0.1) is 0 Å². The number of hydrogen-bond acceptors (Lipinski definition) is 2. The topological polar surface area (TPSA) is 25.2 Å². The zero-order chi connectivity index (χ0) is 10.3. The van der Waals surface area contributed by atoms with Crippen LogP contribution >= 0.6 is 15.9 Å².